The molecule has 13 nitrogen and oxygen atoms in total. The summed E-state index contributed by atoms with van der Waals surface area (Å²) in [6.45, 7) is 12.9. The maximum atomic E-state index is 14.3. The lowest BCUT2D eigenvalue weighted by Crippen LogP contribution is -2.64. The molecule has 4 rings (SSSR count). The van der Waals surface area contributed by atoms with Crippen molar-refractivity contribution in [2.75, 3.05) is 27.4 Å². The molecule has 2 bridgehead atoms. The molecule has 2 saturated heterocycles. The second-order valence-electron chi connectivity index (χ2n) is 17.4. The molecule has 4 N–H and O–H groups in total. The highest BCUT2D eigenvalue weighted by atomic mass is 16.7. The summed E-state index contributed by atoms with van der Waals surface area (Å²) >= 11 is 0. The molecule has 13 heteroatoms. The first-order valence-electron chi connectivity index (χ1n) is 21.0. The van der Waals surface area contributed by atoms with Crippen molar-refractivity contribution in [3.05, 3.63) is 36.0 Å². The van der Waals surface area contributed by atoms with Gasteiger partial charge in [0, 0.05) is 57.5 Å². The number of allylic oxidation sites excluding steroid dienone is 4. The Morgan fingerprint density at radius 3 is 2.32 bits per heavy atom. The number of ether oxygens (including phenoxy) is 4. The number of aliphatic hydroxyl groups is 4. The fraction of sp³-hybridized carbons (Fsp3) is 0.773. The van der Waals surface area contributed by atoms with Crippen molar-refractivity contribution in [1.29, 1.82) is 0 Å². The van der Waals surface area contributed by atoms with Crippen LogP contribution in [0, 0.1) is 35.5 Å². The summed E-state index contributed by atoms with van der Waals surface area (Å²) < 4.78 is 24.2. The van der Waals surface area contributed by atoms with Crippen LogP contribution in [0.5, 0.6) is 0 Å². The number of fused-ring (bicyclic) bond motifs is 3. The van der Waals surface area contributed by atoms with Gasteiger partial charge in [0.1, 0.15) is 24.0 Å². The van der Waals surface area contributed by atoms with Crippen LogP contribution in [0.3, 0.4) is 0 Å². The SMILES string of the molecule is C=CCC1/C=C(\C)CC(C)C[C@H](OC)C2O[C@](O)(C(=O)C(=O)N3CCCCC3C(=O)OC(/C(C)=C/C3CCC(O)C(CO)C3)C(C)C(O)CC1=O)C(C)CC2OC. The van der Waals surface area contributed by atoms with Crippen LogP contribution in [0.4, 0.5) is 0 Å². The summed E-state index contributed by atoms with van der Waals surface area (Å²) in [6.07, 6.45) is 5.00. The first-order valence-corrected chi connectivity index (χ1v) is 21.0. The predicted octanol–water partition coefficient (Wildman–Crippen LogP) is 4.23. The van der Waals surface area contributed by atoms with Crippen LogP contribution in [0.25, 0.3) is 0 Å². The second-order valence-corrected chi connectivity index (χ2v) is 17.4. The van der Waals surface area contributed by atoms with Crippen LogP contribution in [-0.2, 0) is 38.1 Å². The third kappa shape index (κ3) is 11.3. The van der Waals surface area contributed by atoms with Gasteiger partial charge in [0.15, 0.2) is 0 Å². The molecule has 0 aromatic carbocycles. The minimum atomic E-state index is -2.52. The zero-order valence-corrected chi connectivity index (χ0v) is 35.1. The molecule has 12 unspecified atom stereocenters. The van der Waals surface area contributed by atoms with Gasteiger partial charge < -0.3 is 44.3 Å². The molecular formula is C44H69NO12. The number of hydrogen-bond acceptors (Lipinski definition) is 12. The number of esters is 1. The van der Waals surface area contributed by atoms with Gasteiger partial charge in [0.05, 0.1) is 24.4 Å². The molecule has 1 amide bonds. The number of ketones is 2. The van der Waals surface area contributed by atoms with Crippen molar-refractivity contribution in [2.45, 2.75) is 154 Å². The van der Waals surface area contributed by atoms with Crippen LogP contribution >= 0.6 is 0 Å². The lowest BCUT2D eigenvalue weighted by atomic mass is 9.78. The van der Waals surface area contributed by atoms with Gasteiger partial charge in [-0.2, -0.15) is 0 Å². The van der Waals surface area contributed by atoms with Gasteiger partial charge in [-0.15, -0.1) is 6.58 Å². The Labute approximate surface area is 338 Å². The topological polar surface area (TPSA) is 189 Å². The second kappa shape index (κ2) is 21.0. The molecule has 3 fully saturated rings. The van der Waals surface area contributed by atoms with E-state index in [2.05, 4.69) is 6.58 Å². The molecule has 4 aliphatic rings. The van der Waals surface area contributed by atoms with E-state index in [9.17, 15) is 39.6 Å². The highest BCUT2D eigenvalue weighted by Gasteiger charge is 2.56. The molecular weight excluding hydrogens is 734 g/mol. The number of Topliss-reactive ketones (excluding diaryl/α,β-unsaturated/α-hetero) is 2. The quantitative estimate of drug-likeness (QED) is 0.163. The number of cyclic esters (lactones) is 1. The molecule has 1 saturated carbocycles. The van der Waals surface area contributed by atoms with E-state index < -0.39 is 83.9 Å². The normalized spacial score (nSPS) is 41.0. The fourth-order valence-corrected chi connectivity index (χ4v) is 9.51. The lowest BCUT2D eigenvalue weighted by Gasteiger charge is -2.47. The van der Waals surface area contributed by atoms with Gasteiger partial charge in [-0.3, -0.25) is 14.4 Å². The Bertz CT molecular complexity index is 1480. The minimum absolute atomic E-state index is 0.00385. The third-order valence-corrected chi connectivity index (χ3v) is 13.0. The largest absolute Gasteiger partial charge is 0.456 e. The van der Waals surface area contributed by atoms with Gasteiger partial charge >= 0.3 is 5.97 Å². The van der Waals surface area contributed by atoms with E-state index in [-0.39, 0.29) is 56.0 Å². The average Bonchev–Trinajstić information content (AvgIpc) is 3.18. The van der Waals surface area contributed by atoms with Gasteiger partial charge in [-0.05, 0) is 95.5 Å². The fourth-order valence-electron chi connectivity index (χ4n) is 9.51. The minimum Gasteiger partial charge on any atom is -0.456 e. The summed E-state index contributed by atoms with van der Waals surface area (Å²) in [5.41, 5.74) is 1.58. The zero-order valence-electron chi connectivity index (χ0n) is 35.1. The average molecular weight is 804 g/mol. The number of rotatable bonds is 7. The predicted molar refractivity (Wildman–Crippen MR) is 212 cm³/mol. The first-order chi connectivity index (χ1) is 27.0. The van der Waals surface area contributed by atoms with Crippen LogP contribution in [0.1, 0.15) is 105 Å². The summed E-state index contributed by atoms with van der Waals surface area (Å²) in [6, 6.07) is -1.16. The van der Waals surface area contributed by atoms with Crippen molar-refractivity contribution in [2.24, 2.45) is 35.5 Å². The van der Waals surface area contributed by atoms with Crippen molar-refractivity contribution in [3.63, 3.8) is 0 Å². The van der Waals surface area contributed by atoms with Crippen LogP contribution in [0.15, 0.2) is 36.0 Å². The first kappa shape index (κ1) is 46.9. The highest BCUT2D eigenvalue weighted by molar-refractivity contribution is 6.39. The molecule has 1 aliphatic carbocycles. The van der Waals surface area contributed by atoms with Crippen LogP contribution < -0.4 is 0 Å². The molecule has 0 aromatic rings. The maximum absolute atomic E-state index is 14.3. The van der Waals surface area contributed by atoms with E-state index >= 15 is 0 Å². The van der Waals surface area contributed by atoms with Crippen LogP contribution in [0.2, 0.25) is 0 Å². The molecule has 57 heavy (non-hydrogen) atoms. The zero-order chi connectivity index (χ0) is 42.2. The molecule has 3 heterocycles. The number of carbonyl (C=O) groups is 4. The summed E-state index contributed by atoms with van der Waals surface area (Å²) in [5, 5.41) is 44.0. The Morgan fingerprint density at radius 2 is 1.67 bits per heavy atom. The van der Waals surface area contributed by atoms with E-state index in [1.54, 1.807) is 26.8 Å². The Morgan fingerprint density at radius 1 is 0.982 bits per heavy atom. The molecule has 0 radical (unpaired) electrons. The standard InChI is InChI=1S/C44H69NO12/c1-9-12-31-18-25(2)17-26(3)19-37(54-7)40-38(55-8)21-28(5)44(53,57-40)41(50)42(51)45-16-11-10-13-33(45)43(52)56-39(29(6)35(48)23-36(31)49)27(4)20-30-14-15-34(47)32(22-30)24-46/h9,18,20,26,28-35,37-40,46-48,53H,1,10-17,19,21-24H2,2-8H3/b25-18+,27-20+/t26?,28?,29?,30?,31?,32?,33?,34?,35?,37-,38?,39?,40?,44-/m0/s1. The lowest BCUT2D eigenvalue weighted by molar-refractivity contribution is -0.302. The number of piperidine rings is 1. The van der Waals surface area contributed by atoms with Gasteiger partial charge in [0.2, 0.25) is 5.79 Å². The summed E-state index contributed by atoms with van der Waals surface area (Å²) in [5.74, 6) is -8.19. The Balaban J connectivity index is 1.78. The molecule has 0 aromatic heterocycles. The number of amides is 1. The molecule has 322 valence electrons. The monoisotopic (exact) mass is 803 g/mol. The summed E-state index contributed by atoms with van der Waals surface area (Å²) in [7, 11) is 3.04. The Kier molecular flexibility index (Phi) is 17.2. The number of carbonyl (C=O) groups excluding carboxylic acids is 4. The number of hydrogen-bond donors (Lipinski definition) is 4. The number of aliphatic hydroxyl groups excluding tert-OH is 3. The van der Waals surface area contributed by atoms with E-state index in [0.29, 0.717) is 56.9 Å². The highest BCUT2D eigenvalue weighted by Crippen LogP contribution is 2.39. The van der Waals surface area contributed by atoms with Crippen molar-refractivity contribution >= 4 is 23.4 Å². The van der Waals surface area contributed by atoms with Crippen molar-refractivity contribution in [1.82, 2.24) is 4.90 Å². The van der Waals surface area contributed by atoms with Crippen molar-refractivity contribution in [3.8, 4) is 0 Å². The smallest absolute Gasteiger partial charge is 0.329 e. The number of nitrogens with zero attached hydrogens (tertiary/aromatic N) is 1. The van der Waals surface area contributed by atoms with Gasteiger partial charge in [0.25, 0.3) is 11.7 Å². The molecule has 14 atom stereocenters. The van der Waals surface area contributed by atoms with Gasteiger partial charge in [-0.25, -0.2) is 4.79 Å². The Hall–Kier alpha value is -2.78. The number of methoxy groups -OCH3 is 2. The maximum Gasteiger partial charge on any atom is 0.329 e. The van der Waals surface area contributed by atoms with Gasteiger partial charge in [-0.1, -0.05) is 44.6 Å². The van der Waals surface area contributed by atoms with E-state index in [4.69, 9.17) is 18.9 Å². The molecule has 0 spiro atoms. The van der Waals surface area contributed by atoms with E-state index in [0.717, 1.165) is 5.57 Å². The van der Waals surface area contributed by atoms with E-state index in [1.165, 1.54) is 19.1 Å². The van der Waals surface area contributed by atoms with Crippen molar-refractivity contribution < 1.29 is 58.6 Å². The molecule has 3 aliphatic heterocycles. The van der Waals surface area contributed by atoms with E-state index in [1.807, 2.05) is 26.0 Å². The third-order valence-electron chi connectivity index (χ3n) is 13.0. The van der Waals surface area contributed by atoms with Crippen LogP contribution in [-0.4, -0.2) is 125 Å². The summed E-state index contributed by atoms with van der Waals surface area (Å²) in [4.78, 5) is 57.8.